The molecule has 0 bridgehead atoms. The van der Waals surface area contributed by atoms with Crippen LogP contribution in [0.25, 0.3) is 0 Å². The standard InChI is InChI=1S/C18H25NO/c19-15-13-18(20-16-6-2-1-5-14(15)16)11-9-17(10-12-18)7-3-4-8-17/h1-2,5-6,15H,3-4,7-13,19H2/t15-/m0/s1. The van der Waals surface area contributed by atoms with E-state index in [-0.39, 0.29) is 11.6 Å². The SMILES string of the molecule is N[C@H]1CC2(CCC3(CCCC3)CC2)Oc2ccccc21. The van der Waals surface area contributed by atoms with Gasteiger partial charge >= 0.3 is 0 Å². The van der Waals surface area contributed by atoms with Gasteiger partial charge in [-0.1, -0.05) is 31.0 Å². The highest BCUT2D eigenvalue weighted by Crippen LogP contribution is 2.55. The Hall–Kier alpha value is -1.02. The van der Waals surface area contributed by atoms with Crippen LogP contribution in [-0.2, 0) is 0 Å². The molecule has 2 fully saturated rings. The maximum Gasteiger partial charge on any atom is 0.124 e. The van der Waals surface area contributed by atoms with E-state index in [1.54, 1.807) is 0 Å². The number of para-hydroxylation sites is 1. The molecule has 108 valence electrons. The average Bonchev–Trinajstić information content (AvgIpc) is 2.92. The van der Waals surface area contributed by atoms with Crippen molar-refractivity contribution in [1.82, 2.24) is 0 Å². The van der Waals surface area contributed by atoms with Gasteiger partial charge in [0, 0.05) is 18.0 Å². The van der Waals surface area contributed by atoms with Crippen LogP contribution < -0.4 is 10.5 Å². The molecule has 0 amide bonds. The summed E-state index contributed by atoms with van der Waals surface area (Å²) in [4.78, 5) is 0. The predicted molar refractivity (Wildman–Crippen MR) is 80.7 cm³/mol. The lowest BCUT2D eigenvalue weighted by Crippen LogP contribution is -2.47. The molecule has 2 nitrogen and oxygen atoms in total. The van der Waals surface area contributed by atoms with Gasteiger partial charge in [0.25, 0.3) is 0 Å². The van der Waals surface area contributed by atoms with E-state index in [4.69, 9.17) is 10.5 Å². The normalized spacial score (nSPS) is 30.1. The van der Waals surface area contributed by atoms with Crippen LogP contribution in [0.4, 0.5) is 0 Å². The van der Waals surface area contributed by atoms with Gasteiger partial charge in [0.15, 0.2) is 0 Å². The predicted octanol–water partition coefficient (Wildman–Crippen LogP) is 4.34. The van der Waals surface area contributed by atoms with E-state index in [0.717, 1.165) is 12.2 Å². The fourth-order valence-electron chi connectivity index (χ4n) is 4.83. The summed E-state index contributed by atoms with van der Waals surface area (Å²) in [6.45, 7) is 0. The molecule has 2 heteroatoms. The van der Waals surface area contributed by atoms with E-state index in [0.29, 0.717) is 5.41 Å². The third-order valence-corrected chi connectivity index (χ3v) is 6.12. The van der Waals surface area contributed by atoms with Crippen molar-refractivity contribution >= 4 is 0 Å². The van der Waals surface area contributed by atoms with E-state index in [1.165, 1.54) is 56.9 Å². The van der Waals surface area contributed by atoms with E-state index >= 15 is 0 Å². The smallest absolute Gasteiger partial charge is 0.124 e. The van der Waals surface area contributed by atoms with Gasteiger partial charge in [0.1, 0.15) is 11.4 Å². The number of benzene rings is 1. The first-order valence-electron chi connectivity index (χ1n) is 8.24. The highest BCUT2D eigenvalue weighted by atomic mass is 16.5. The lowest BCUT2D eigenvalue weighted by Gasteiger charge is -2.48. The van der Waals surface area contributed by atoms with Gasteiger partial charge in [-0.25, -0.2) is 0 Å². The quantitative estimate of drug-likeness (QED) is 0.761. The maximum atomic E-state index is 6.45. The number of hydrogen-bond donors (Lipinski definition) is 1. The van der Waals surface area contributed by atoms with Gasteiger partial charge in [0.05, 0.1) is 0 Å². The Balaban J connectivity index is 1.56. The van der Waals surface area contributed by atoms with Crippen molar-refractivity contribution < 1.29 is 4.74 Å². The molecule has 1 aromatic rings. The Morgan fingerprint density at radius 3 is 2.40 bits per heavy atom. The molecular formula is C18H25NO. The van der Waals surface area contributed by atoms with E-state index in [9.17, 15) is 0 Å². The molecular weight excluding hydrogens is 246 g/mol. The molecule has 20 heavy (non-hydrogen) atoms. The molecule has 3 aliphatic rings. The Kier molecular flexibility index (Phi) is 2.85. The van der Waals surface area contributed by atoms with Crippen molar-refractivity contribution in [2.75, 3.05) is 0 Å². The van der Waals surface area contributed by atoms with Crippen LogP contribution >= 0.6 is 0 Å². The zero-order valence-electron chi connectivity index (χ0n) is 12.2. The number of hydrogen-bond acceptors (Lipinski definition) is 2. The van der Waals surface area contributed by atoms with Gasteiger partial charge in [-0.3, -0.25) is 0 Å². The van der Waals surface area contributed by atoms with Gasteiger partial charge in [-0.2, -0.15) is 0 Å². The van der Waals surface area contributed by atoms with Gasteiger partial charge in [0.2, 0.25) is 0 Å². The summed E-state index contributed by atoms with van der Waals surface area (Å²) in [5.74, 6) is 1.04. The molecule has 0 aromatic heterocycles. The van der Waals surface area contributed by atoms with Crippen LogP contribution in [0.1, 0.15) is 69.4 Å². The minimum Gasteiger partial charge on any atom is -0.487 e. The van der Waals surface area contributed by atoms with Crippen LogP contribution in [0, 0.1) is 5.41 Å². The van der Waals surface area contributed by atoms with Crippen LogP contribution in [-0.4, -0.2) is 5.60 Å². The molecule has 4 rings (SSSR count). The monoisotopic (exact) mass is 271 g/mol. The minimum absolute atomic E-state index is 0.0294. The van der Waals surface area contributed by atoms with Crippen molar-refractivity contribution in [3.63, 3.8) is 0 Å². The second-order valence-electron chi connectivity index (χ2n) is 7.34. The topological polar surface area (TPSA) is 35.2 Å². The van der Waals surface area contributed by atoms with Gasteiger partial charge < -0.3 is 10.5 Å². The lowest BCUT2D eigenvalue weighted by molar-refractivity contribution is -0.0327. The molecule has 0 unspecified atom stereocenters. The van der Waals surface area contributed by atoms with E-state index in [2.05, 4.69) is 24.3 Å². The van der Waals surface area contributed by atoms with Gasteiger partial charge in [-0.15, -0.1) is 0 Å². The minimum atomic E-state index is 0.0294. The number of rotatable bonds is 0. The second-order valence-corrected chi connectivity index (χ2v) is 7.34. The summed E-state index contributed by atoms with van der Waals surface area (Å²) in [5.41, 5.74) is 8.30. The number of ether oxygens (including phenoxy) is 1. The summed E-state index contributed by atoms with van der Waals surface area (Å²) >= 11 is 0. The fourth-order valence-corrected chi connectivity index (χ4v) is 4.83. The van der Waals surface area contributed by atoms with Crippen molar-refractivity contribution in [1.29, 1.82) is 0 Å². The zero-order chi connectivity index (χ0) is 13.6. The van der Waals surface area contributed by atoms with Crippen LogP contribution in [0.5, 0.6) is 5.75 Å². The van der Waals surface area contributed by atoms with E-state index < -0.39 is 0 Å². The van der Waals surface area contributed by atoms with Crippen LogP contribution in [0.3, 0.4) is 0 Å². The Labute approximate surface area is 121 Å². The molecule has 2 saturated carbocycles. The van der Waals surface area contributed by atoms with Crippen molar-refractivity contribution in [2.45, 2.75) is 69.4 Å². The summed E-state index contributed by atoms with van der Waals surface area (Å²) in [7, 11) is 0. The third kappa shape index (κ3) is 1.96. The molecule has 2 N–H and O–H groups in total. The molecule has 1 aromatic carbocycles. The highest BCUT2D eigenvalue weighted by Gasteiger charge is 2.47. The average molecular weight is 271 g/mol. The molecule has 2 aliphatic carbocycles. The Bertz CT molecular complexity index is 494. The largest absolute Gasteiger partial charge is 0.487 e. The fraction of sp³-hybridized carbons (Fsp3) is 0.667. The summed E-state index contributed by atoms with van der Waals surface area (Å²) in [5, 5.41) is 0. The van der Waals surface area contributed by atoms with Crippen LogP contribution in [0.2, 0.25) is 0 Å². The Morgan fingerprint density at radius 2 is 1.65 bits per heavy atom. The number of fused-ring (bicyclic) bond motifs is 1. The van der Waals surface area contributed by atoms with Crippen molar-refractivity contribution in [3.05, 3.63) is 29.8 Å². The summed E-state index contributed by atoms with van der Waals surface area (Å²) in [6.07, 6.45) is 11.9. The maximum absolute atomic E-state index is 6.45. The summed E-state index contributed by atoms with van der Waals surface area (Å²) in [6, 6.07) is 8.49. The van der Waals surface area contributed by atoms with E-state index in [1.807, 2.05) is 0 Å². The highest BCUT2D eigenvalue weighted by molar-refractivity contribution is 5.38. The first-order valence-corrected chi connectivity index (χ1v) is 8.24. The Morgan fingerprint density at radius 1 is 0.950 bits per heavy atom. The first kappa shape index (κ1) is 12.7. The van der Waals surface area contributed by atoms with Crippen molar-refractivity contribution in [2.24, 2.45) is 11.1 Å². The third-order valence-electron chi connectivity index (χ3n) is 6.12. The summed E-state index contributed by atoms with van der Waals surface area (Å²) < 4.78 is 6.45. The molecule has 2 spiro atoms. The lowest BCUT2D eigenvalue weighted by atomic mass is 9.65. The second kappa shape index (κ2) is 4.49. The van der Waals surface area contributed by atoms with Crippen molar-refractivity contribution in [3.8, 4) is 5.75 Å². The molecule has 1 atom stereocenters. The molecule has 1 aliphatic heterocycles. The molecule has 1 heterocycles. The number of nitrogens with two attached hydrogens (primary N) is 1. The molecule has 0 radical (unpaired) electrons. The first-order chi connectivity index (χ1) is 9.71. The van der Waals surface area contributed by atoms with Crippen LogP contribution in [0.15, 0.2) is 24.3 Å². The molecule has 0 saturated heterocycles. The van der Waals surface area contributed by atoms with Gasteiger partial charge in [-0.05, 0) is 50.0 Å². The zero-order valence-corrected chi connectivity index (χ0v) is 12.2.